The number of aliphatic carboxylic acids is 1. The van der Waals surface area contributed by atoms with Crippen molar-refractivity contribution in [3.8, 4) is 0 Å². The fourth-order valence-corrected chi connectivity index (χ4v) is 2.12. The third-order valence-corrected chi connectivity index (χ3v) is 3.56. The van der Waals surface area contributed by atoms with E-state index in [1.165, 1.54) is 0 Å². The van der Waals surface area contributed by atoms with E-state index in [-0.39, 0.29) is 12.3 Å². The minimum absolute atomic E-state index is 0.0933. The van der Waals surface area contributed by atoms with Crippen LogP contribution in [-0.4, -0.2) is 23.1 Å². The van der Waals surface area contributed by atoms with Gasteiger partial charge in [-0.2, -0.15) is 0 Å². The van der Waals surface area contributed by atoms with E-state index in [0.717, 1.165) is 11.1 Å². The summed E-state index contributed by atoms with van der Waals surface area (Å²) in [6.45, 7) is 2.09. The Bertz CT molecular complexity index is 668. The normalized spacial score (nSPS) is 11.7. The van der Waals surface area contributed by atoms with Crippen molar-refractivity contribution in [1.82, 2.24) is 0 Å². The molecule has 0 bridgehead atoms. The second kappa shape index (κ2) is 8.84. The van der Waals surface area contributed by atoms with Gasteiger partial charge in [-0.05, 0) is 36.6 Å². The summed E-state index contributed by atoms with van der Waals surface area (Å²) >= 11 is 0. The lowest BCUT2D eigenvalue weighted by atomic mass is 10.1. The molecule has 0 aliphatic rings. The van der Waals surface area contributed by atoms with Crippen molar-refractivity contribution < 1.29 is 19.4 Å². The van der Waals surface area contributed by atoms with Gasteiger partial charge in [-0.3, -0.25) is 9.59 Å². The lowest BCUT2D eigenvalue weighted by Crippen LogP contribution is -2.27. The first-order valence-electron chi connectivity index (χ1n) is 7.81. The van der Waals surface area contributed by atoms with Crippen LogP contribution in [0.1, 0.15) is 24.5 Å². The number of ether oxygens (including phenoxy) is 1. The Morgan fingerprint density at radius 1 is 1.04 bits per heavy atom. The third-order valence-electron chi connectivity index (χ3n) is 3.56. The van der Waals surface area contributed by atoms with Crippen molar-refractivity contribution in [1.29, 1.82) is 0 Å². The van der Waals surface area contributed by atoms with E-state index in [1.807, 2.05) is 42.5 Å². The molecular formula is C19H21NO4. The Morgan fingerprint density at radius 2 is 1.71 bits per heavy atom. The highest BCUT2D eigenvalue weighted by atomic mass is 16.5. The quantitative estimate of drug-likeness (QED) is 0.780. The number of carbonyl (C=O) groups excluding carboxylic acids is 1. The Morgan fingerprint density at radius 3 is 2.33 bits per heavy atom. The average molecular weight is 327 g/mol. The van der Waals surface area contributed by atoms with Gasteiger partial charge in [0.05, 0.1) is 6.61 Å². The smallest absolute Gasteiger partial charge is 0.303 e. The second-order valence-electron chi connectivity index (χ2n) is 5.52. The summed E-state index contributed by atoms with van der Waals surface area (Å²) in [5, 5.41) is 11.5. The number of hydrogen-bond acceptors (Lipinski definition) is 3. The molecule has 5 heteroatoms. The molecule has 1 amide bonds. The van der Waals surface area contributed by atoms with Crippen LogP contribution in [0.4, 0.5) is 5.69 Å². The summed E-state index contributed by atoms with van der Waals surface area (Å²) in [7, 11) is 0. The average Bonchev–Trinajstić information content (AvgIpc) is 2.59. The minimum Gasteiger partial charge on any atom is -0.481 e. The number of carboxylic acid groups (broad SMARTS) is 1. The Labute approximate surface area is 141 Å². The molecule has 2 aromatic carbocycles. The van der Waals surface area contributed by atoms with Crippen LogP contribution < -0.4 is 5.32 Å². The summed E-state index contributed by atoms with van der Waals surface area (Å²) in [6.07, 6.45) is -0.00663. The van der Waals surface area contributed by atoms with E-state index in [4.69, 9.17) is 9.84 Å². The first kappa shape index (κ1) is 17.7. The molecule has 0 saturated carbocycles. The zero-order chi connectivity index (χ0) is 17.4. The van der Waals surface area contributed by atoms with Gasteiger partial charge in [0.2, 0.25) is 0 Å². The van der Waals surface area contributed by atoms with Crippen LogP contribution in [0.25, 0.3) is 0 Å². The van der Waals surface area contributed by atoms with Crippen LogP contribution in [0.5, 0.6) is 0 Å². The van der Waals surface area contributed by atoms with Crippen LogP contribution >= 0.6 is 0 Å². The predicted molar refractivity (Wildman–Crippen MR) is 91.7 cm³/mol. The van der Waals surface area contributed by atoms with Crippen molar-refractivity contribution in [2.24, 2.45) is 0 Å². The molecule has 1 unspecified atom stereocenters. The van der Waals surface area contributed by atoms with Gasteiger partial charge in [-0.15, -0.1) is 0 Å². The predicted octanol–water partition coefficient (Wildman–Crippen LogP) is 3.25. The summed E-state index contributed by atoms with van der Waals surface area (Å²) in [5.74, 6) is -1.04. The molecule has 24 heavy (non-hydrogen) atoms. The SMILES string of the molecule is CC(OCc1ccccc1)C(=O)Nc1ccc(CCC(=O)O)cc1. The highest BCUT2D eigenvalue weighted by Crippen LogP contribution is 2.12. The van der Waals surface area contributed by atoms with Gasteiger partial charge >= 0.3 is 5.97 Å². The molecule has 0 saturated heterocycles. The molecular weight excluding hydrogens is 306 g/mol. The van der Waals surface area contributed by atoms with Crippen LogP contribution in [-0.2, 0) is 27.4 Å². The number of nitrogens with one attached hydrogen (secondary N) is 1. The van der Waals surface area contributed by atoms with Crippen LogP contribution in [0.2, 0.25) is 0 Å². The molecule has 126 valence electrons. The number of amides is 1. The largest absolute Gasteiger partial charge is 0.481 e. The monoisotopic (exact) mass is 327 g/mol. The number of rotatable bonds is 8. The summed E-state index contributed by atoms with van der Waals surface area (Å²) in [5.41, 5.74) is 2.60. The third kappa shape index (κ3) is 5.85. The van der Waals surface area contributed by atoms with Gasteiger partial charge in [-0.25, -0.2) is 0 Å². The van der Waals surface area contributed by atoms with E-state index >= 15 is 0 Å². The van der Waals surface area contributed by atoms with Gasteiger partial charge in [0.25, 0.3) is 5.91 Å². The maximum atomic E-state index is 12.1. The highest BCUT2D eigenvalue weighted by Gasteiger charge is 2.13. The zero-order valence-electron chi connectivity index (χ0n) is 13.6. The number of aryl methyl sites for hydroxylation is 1. The first-order chi connectivity index (χ1) is 11.5. The number of carboxylic acids is 1. The van der Waals surface area contributed by atoms with Gasteiger partial charge in [-0.1, -0.05) is 42.5 Å². The van der Waals surface area contributed by atoms with E-state index < -0.39 is 12.1 Å². The molecule has 2 rings (SSSR count). The lowest BCUT2D eigenvalue weighted by molar-refractivity contribution is -0.137. The van der Waals surface area contributed by atoms with Gasteiger partial charge < -0.3 is 15.2 Å². The first-order valence-corrected chi connectivity index (χ1v) is 7.81. The Hall–Kier alpha value is -2.66. The molecule has 1 atom stereocenters. The maximum absolute atomic E-state index is 12.1. The number of anilines is 1. The Kier molecular flexibility index (Phi) is 6.51. The fourth-order valence-electron chi connectivity index (χ4n) is 2.12. The zero-order valence-corrected chi connectivity index (χ0v) is 13.6. The van der Waals surface area contributed by atoms with Crippen molar-refractivity contribution in [3.05, 3.63) is 65.7 Å². The van der Waals surface area contributed by atoms with E-state index in [9.17, 15) is 9.59 Å². The maximum Gasteiger partial charge on any atom is 0.303 e. The lowest BCUT2D eigenvalue weighted by Gasteiger charge is -2.13. The van der Waals surface area contributed by atoms with Crippen molar-refractivity contribution in [2.45, 2.75) is 32.5 Å². The molecule has 5 nitrogen and oxygen atoms in total. The summed E-state index contributed by atoms with van der Waals surface area (Å²) in [4.78, 5) is 22.7. The molecule has 2 aromatic rings. The molecule has 2 N–H and O–H groups in total. The van der Waals surface area contributed by atoms with Crippen LogP contribution in [0.3, 0.4) is 0 Å². The molecule has 0 radical (unpaired) electrons. The molecule has 0 aliphatic heterocycles. The fraction of sp³-hybridized carbons (Fsp3) is 0.263. The standard InChI is InChI=1S/C19H21NO4/c1-14(24-13-16-5-3-2-4-6-16)19(23)20-17-10-7-15(8-11-17)9-12-18(21)22/h2-8,10-11,14H,9,12-13H2,1H3,(H,20,23)(H,21,22). The highest BCUT2D eigenvalue weighted by molar-refractivity contribution is 5.93. The van der Waals surface area contributed by atoms with Gasteiger partial charge in [0, 0.05) is 12.1 Å². The van der Waals surface area contributed by atoms with Crippen molar-refractivity contribution in [3.63, 3.8) is 0 Å². The van der Waals surface area contributed by atoms with Crippen molar-refractivity contribution >= 4 is 17.6 Å². The minimum atomic E-state index is -0.822. The van der Waals surface area contributed by atoms with Gasteiger partial charge in [0.15, 0.2) is 0 Å². The van der Waals surface area contributed by atoms with E-state index in [2.05, 4.69) is 5.32 Å². The molecule has 0 spiro atoms. The topological polar surface area (TPSA) is 75.6 Å². The number of benzene rings is 2. The summed E-state index contributed by atoms with van der Waals surface area (Å²) < 4.78 is 5.57. The Balaban J connectivity index is 1.81. The van der Waals surface area contributed by atoms with Crippen LogP contribution in [0.15, 0.2) is 54.6 Å². The van der Waals surface area contributed by atoms with E-state index in [0.29, 0.717) is 18.7 Å². The van der Waals surface area contributed by atoms with E-state index in [1.54, 1.807) is 19.1 Å². The van der Waals surface area contributed by atoms with Crippen LogP contribution in [0, 0.1) is 0 Å². The second-order valence-corrected chi connectivity index (χ2v) is 5.52. The molecule has 0 aliphatic carbocycles. The molecule has 0 aromatic heterocycles. The molecule has 0 fully saturated rings. The van der Waals surface area contributed by atoms with Crippen molar-refractivity contribution in [2.75, 3.05) is 5.32 Å². The van der Waals surface area contributed by atoms with Gasteiger partial charge in [0.1, 0.15) is 6.10 Å². The molecule has 0 heterocycles. The summed E-state index contributed by atoms with van der Waals surface area (Å²) in [6, 6.07) is 16.8. The number of carbonyl (C=O) groups is 2. The number of hydrogen-bond donors (Lipinski definition) is 2.